The van der Waals surface area contributed by atoms with E-state index in [-0.39, 0.29) is 17.7 Å². The standard InChI is InChI=1S/C27H23ClN2O3/c28-20-10-8-18(9-11-20)23-17-27(23)22-6-1-2-7-24(22)30(26(27)32)21-5-3-4-19(16-21)25(31)29-12-14-33-15-13-29/h1-11,16,23H,12-15,17H2/t23-,27?/m0/s1. The SMILES string of the molecule is O=C(c1cccc(N2C(=O)C3(C[C@H]3c3ccc(Cl)cc3)c3ccccc32)c1)N1CCOCC1. The number of anilines is 2. The molecule has 5 nitrogen and oxygen atoms in total. The van der Waals surface area contributed by atoms with Crippen molar-refractivity contribution in [3.8, 4) is 0 Å². The summed E-state index contributed by atoms with van der Waals surface area (Å²) in [7, 11) is 0. The van der Waals surface area contributed by atoms with E-state index in [0.29, 0.717) is 36.9 Å². The Labute approximate surface area is 197 Å². The van der Waals surface area contributed by atoms with Crippen molar-refractivity contribution in [3.05, 3.63) is 94.5 Å². The molecule has 1 saturated carbocycles. The normalized spacial score (nSPS) is 23.7. The van der Waals surface area contributed by atoms with Crippen molar-refractivity contribution in [3.63, 3.8) is 0 Å². The summed E-state index contributed by atoms with van der Waals surface area (Å²) in [5.41, 5.74) is 3.83. The maximum absolute atomic E-state index is 14.0. The van der Waals surface area contributed by atoms with Gasteiger partial charge in [0.1, 0.15) is 0 Å². The summed E-state index contributed by atoms with van der Waals surface area (Å²) in [6.45, 7) is 2.27. The lowest BCUT2D eigenvalue weighted by atomic mass is 9.92. The first-order chi connectivity index (χ1) is 16.1. The predicted molar refractivity (Wildman–Crippen MR) is 127 cm³/mol. The van der Waals surface area contributed by atoms with Crippen molar-refractivity contribution in [2.24, 2.45) is 0 Å². The van der Waals surface area contributed by atoms with Gasteiger partial charge < -0.3 is 9.64 Å². The Kier molecular flexibility index (Phi) is 4.78. The molecule has 2 fully saturated rings. The van der Waals surface area contributed by atoms with Gasteiger partial charge in [0.15, 0.2) is 0 Å². The van der Waals surface area contributed by atoms with Crippen LogP contribution >= 0.6 is 11.6 Å². The number of carbonyl (C=O) groups excluding carboxylic acids is 2. The molecule has 1 unspecified atom stereocenters. The predicted octanol–water partition coefficient (Wildman–Crippen LogP) is 4.92. The summed E-state index contributed by atoms with van der Waals surface area (Å²) in [4.78, 5) is 30.6. The number of para-hydroxylation sites is 1. The number of carbonyl (C=O) groups is 2. The molecule has 2 aliphatic heterocycles. The number of hydrogen-bond donors (Lipinski definition) is 0. The van der Waals surface area contributed by atoms with E-state index in [1.807, 2.05) is 66.7 Å². The smallest absolute Gasteiger partial charge is 0.254 e. The third kappa shape index (κ3) is 3.18. The molecule has 2 heterocycles. The molecule has 1 spiro atoms. The molecule has 3 aromatic rings. The van der Waals surface area contributed by atoms with Gasteiger partial charge in [0.25, 0.3) is 5.91 Å². The molecule has 2 atom stereocenters. The molecule has 3 aromatic carbocycles. The van der Waals surface area contributed by atoms with E-state index < -0.39 is 5.41 Å². The molecule has 6 rings (SSSR count). The largest absolute Gasteiger partial charge is 0.378 e. The van der Waals surface area contributed by atoms with Crippen molar-refractivity contribution < 1.29 is 14.3 Å². The summed E-state index contributed by atoms with van der Waals surface area (Å²) >= 11 is 6.08. The van der Waals surface area contributed by atoms with Gasteiger partial charge in [-0.2, -0.15) is 0 Å². The maximum Gasteiger partial charge on any atom is 0.254 e. The van der Waals surface area contributed by atoms with Crippen LogP contribution in [0.3, 0.4) is 0 Å². The fraction of sp³-hybridized carbons (Fsp3) is 0.259. The summed E-state index contributed by atoms with van der Waals surface area (Å²) < 4.78 is 5.37. The quantitative estimate of drug-likeness (QED) is 0.560. The zero-order valence-electron chi connectivity index (χ0n) is 18.0. The van der Waals surface area contributed by atoms with Crippen LogP contribution in [0.5, 0.6) is 0 Å². The molecule has 1 aliphatic carbocycles. The van der Waals surface area contributed by atoms with Gasteiger partial charge in [0.05, 0.1) is 24.3 Å². The van der Waals surface area contributed by atoms with Gasteiger partial charge in [-0.05, 0) is 53.9 Å². The Morgan fingerprint density at radius 2 is 1.73 bits per heavy atom. The van der Waals surface area contributed by atoms with Crippen LogP contribution in [0.25, 0.3) is 0 Å². The average molecular weight is 459 g/mol. The van der Waals surface area contributed by atoms with E-state index in [4.69, 9.17) is 16.3 Å². The molecule has 0 radical (unpaired) electrons. The second-order valence-corrected chi connectivity index (χ2v) is 9.33. The summed E-state index contributed by atoms with van der Waals surface area (Å²) in [5.74, 6) is 0.159. The van der Waals surface area contributed by atoms with Gasteiger partial charge in [0.2, 0.25) is 5.91 Å². The third-order valence-electron chi connectivity index (χ3n) is 7.09. The van der Waals surface area contributed by atoms with Crippen molar-refractivity contribution >= 4 is 34.8 Å². The third-order valence-corrected chi connectivity index (χ3v) is 7.35. The zero-order valence-corrected chi connectivity index (χ0v) is 18.8. The van der Waals surface area contributed by atoms with E-state index >= 15 is 0 Å². The first kappa shape index (κ1) is 20.5. The summed E-state index contributed by atoms with van der Waals surface area (Å²) in [6.07, 6.45) is 0.771. The molecule has 166 valence electrons. The van der Waals surface area contributed by atoms with Crippen LogP contribution in [0.4, 0.5) is 11.4 Å². The number of nitrogens with zero attached hydrogens (tertiary/aromatic N) is 2. The van der Waals surface area contributed by atoms with Gasteiger partial charge >= 0.3 is 0 Å². The minimum atomic E-state index is -0.561. The van der Waals surface area contributed by atoms with Crippen molar-refractivity contribution in [2.75, 3.05) is 31.2 Å². The van der Waals surface area contributed by atoms with Gasteiger partial charge in [-0.25, -0.2) is 0 Å². The Balaban J connectivity index is 1.37. The lowest BCUT2D eigenvalue weighted by Gasteiger charge is -2.27. The van der Waals surface area contributed by atoms with Gasteiger partial charge in [-0.3, -0.25) is 14.5 Å². The number of hydrogen-bond acceptors (Lipinski definition) is 3. The van der Waals surface area contributed by atoms with Crippen LogP contribution < -0.4 is 4.90 Å². The van der Waals surface area contributed by atoms with E-state index in [1.165, 1.54) is 0 Å². The molecule has 0 N–H and O–H groups in total. The fourth-order valence-corrected chi connectivity index (χ4v) is 5.47. The van der Waals surface area contributed by atoms with E-state index in [1.54, 1.807) is 9.80 Å². The molecule has 0 bridgehead atoms. The Bertz CT molecular complexity index is 1250. The van der Waals surface area contributed by atoms with Gasteiger partial charge in [-0.15, -0.1) is 0 Å². The van der Waals surface area contributed by atoms with Crippen LogP contribution in [0.1, 0.15) is 33.8 Å². The number of halogens is 1. The van der Waals surface area contributed by atoms with Crippen LogP contribution in [0.2, 0.25) is 5.02 Å². The highest BCUT2D eigenvalue weighted by molar-refractivity contribution is 6.30. The number of ether oxygens (including phenoxy) is 1. The first-order valence-electron chi connectivity index (χ1n) is 11.3. The molecule has 0 aromatic heterocycles. The summed E-state index contributed by atoms with van der Waals surface area (Å²) in [5, 5.41) is 0.690. The van der Waals surface area contributed by atoms with Crippen LogP contribution in [0.15, 0.2) is 72.8 Å². The topological polar surface area (TPSA) is 49.9 Å². The van der Waals surface area contributed by atoms with Crippen LogP contribution in [0, 0.1) is 0 Å². The number of fused-ring (bicyclic) bond motifs is 2. The zero-order chi connectivity index (χ0) is 22.6. The minimum Gasteiger partial charge on any atom is -0.378 e. The maximum atomic E-state index is 14.0. The van der Waals surface area contributed by atoms with Crippen molar-refractivity contribution in [1.82, 2.24) is 4.90 Å². The molecule has 2 amide bonds. The van der Waals surface area contributed by atoms with Gasteiger partial charge in [0, 0.05) is 35.3 Å². The molecule has 6 heteroatoms. The summed E-state index contributed by atoms with van der Waals surface area (Å²) in [6, 6.07) is 23.2. The number of rotatable bonds is 3. The first-order valence-corrected chi connectivity index (χ1v) is 11.6. The second kappa shape index (κ2) is 7.72. The highest BCUT2D eigenvalue weighted by Crippen LogP contribution is 2.67. The fourth-order valence-electron chi connectivity index (χ4n) is 5.35. The number of amides is 2. The average Bonchev–Trinajstić information content (AvgIpc) is 3.56. The van der Waals surface area contributed by atoms with Crippen molar-refractivity contribution in [2.45, 2.75) is 17.8 Å². The second-order valence-electron chi connectivity index (χ2n) is 8.89. The lowest BCUT2D eigenvalue weighted by molar-refractivity contribution is -0.119. The minimum absolute atomic E-state index is 0.0275. The van der Waals surface area contributed by atoms with Crippen LogP contribution in [-0.4, -0.2) is 43.0 Å². The Morgan fingerprint density at radius 3 is 2.52 bits per heavy atom. The van der Waals surface area contributed by atoms with Gasteiger partial charge in [-0.1, -0.05) is 48.0 Å². The van der Waals surface area contributed by atoms with Crippen LogP contribution in [-0.2, 0) is 14.9 Å². The molecular weight excluding hydrogens is 436 g/mol. The monoisotopic (exact) mass is 458 g/mol. The number of morpholine rings is 1. The van der Waals surface area contributed by atoms with E-state index in [2.05, 4.69) is 6.07 Å². The molecule has 3 aliphatic rings. The van der Waals surface area contributed by atoms with Crippen molar-refractivity contribution in [1.29, 1.82) is 0 Å². The highest BCUT2D eigenvalue weighted by Gasteiger charge is 2.67. The Morgan fingerprint density at radius 1 is 0.970 bits per heavy atom. The van der Waals surface area contributed by atoms with E-state index in [9.17, 15) is 9.59 Å². The molecule has 1 saturated heterocycles. The highest BCUT2D eigenvalue weighted by atomic mass is 35.5. The van der Waals surface area contributed by atoms with E-state index in [0.717, 1.165) is 28.9 Å². The Hall–Kier alpha value is -3.15. The molecular formula is C27H23ClN2O3. The molecule has 33 heavy (non-hydrogen) atoms. The number of benzene rings is 3. The lowest BCUT2D eigenvalue weighted by Crippen LogP contribution is -2.40.